The van der Waals surface area contributed by atoms with Crippen LogP contribution in [-0.2, 0) is 4.79 Å². The van der Waals surface area contributed by atoms with Crippen molar-refractivity contribution in [3.63, 3.8) is 0 Å². The number of allylic oxidation sites excluding steroid dienone is 2. The summed E-state index contributed by atoms with van der Waals surface area (Å²) in [4.78, 5) is 11.3. The third-order valence-corrected chi connectivity index (χ3v) is 1.90. The van der Waals surface area contributed by atoms with Crippen molar-refractivity contribution in [3.8, 4) is 0 Å². The van der Waals surface area contributed by atoms with Crippen LogP contribution in [0.1, 0.15) is 6.92 Å². The van der Waals surface area contributed by atoms with E-state index in [2.05, 4.69) is 0 Å². The largest absolute Gasteiger partial charge is 0.306 e. The van der Waals surface area contributed by atoms with Crippen LogP contribution < -0.4 is 0 Å². The SMILES string of the molecule is CC1(C(F)F)C=CC=CN1C=O. The summed E-state index contributed by atoms with van der Waals surface area (Å²) in [6, 6.07) is 0. The summed E-state index contributed by atoms with van der Waals surface area (Å²) >= 11 is 0. The Bertz CT molecular complexity index is 237. The standard InChI is InChI=1S/C8H9F2NO/c1-8(7(9)10)4-2-3-5-11(8)6-12/h2-7H,1H3. The fourth-order valence-corrected chi connectivity index (χ4v) is 0.974. The van der Waals surface area contributed by atoms with E-state index in [1.807, 2.05) is 0 Å². The average Bonchev–Trinajstić information content (AvgIpc) is 2.05. The Balaban J connectivity index is 2.94. The van der Waals surface area contributed by atoms with E-state index in [9.17, 15) is 13.6 Å². The number of carbonyl (C=O) groups excluding carboxylic acids is 1. The Morgan fingerprint density at radius 2 is 2.17 bits per heavy atom. The second kappa shape index (κ2) is 3.05. The molecule has 0 radical (unpaired) electrons. The Morgan fingerprint density at radius 3 is 2.58 bits per heavy atom. The van der Waals surface area contributed by atoms with Crippen LogP contribution in [0.3, 0.4) is 0 Å². The highest BCUT2D eigenvalue weighted by Crippen LogP contribution is 2.26. The predicted molar refractivity (Wildman–Crippen MR) is 40.6 cm³/mol. The minimum Gasteiger partial charge on any atom is -0.306 e. The van der Waals surface area contributed by atoms with E-state index in [0.29, 0.717) is 6.41 Å². The first kappa shape index (κ1) is 8.90. The molecule has 1 aliphatic rings. The van der Waals surface area contributed by atoms with Crippen LogP contribution in [0, 0.1) is 0 Å². The van der Waals surface area contributed by atoms with E-state index >= 15 is 0 Å². The van der Waals surface area contributed by atoms with Crippen molar-refractivity contribution < 1.29 is 13.6 Å². The zero-order valence-corrected chi connectivity index (χ0v) is 6.58. The molecule has 0 saturated carbocycles. The minimum atomic E-state index is -2.58. The van der Waals surface area contributed by atoms with Crippen molar-refractivity contribution in [3.05, 3.63) is 24.4 Å². The fraction of sp³-hybridized carbons (Fsp3) is 0.375. The number of nitrogens with zero attached hydrogens (tertiary/aromatic N) is 1. The lowest BCUT2D eigenvalue weighted by Crippen LogP contribution is -2.47. The number of amides is 1. The van der Waals surface area contributed by atoms with Gasteiger partial charge in [-0.1, -0.05) is 12.2 Å². The topological polar surface area (TPSA) is 20.3 Å². The van der Waals surface area contributed by atoms with Crippen molar-refractivity contribution in [1.82, 2.24) is 4.90 Å². The van der Waals surface area contributed by atoms with Crippen molar-refractivity contribution in [2.45, 2.75) is 18.9 Å². The van der Waals surface area contributed by atoms with Crippen molar-refractivity contribution in [2.75, 3.05) is 0 Å². The molecule has 1 amide bonds. The smallest absolute Gasteiger partial charge is 0.265 e. The summed E-state index contributed by atoms with van der Waals surface area (Å²) < 4.78 is 24.9. The van der Waals surface area contributed by atoms with Gasteiger partial charge in [0.2, 0.25) is 6.41 Å². The van der Waals surface area contributed by atoms with E-state index in [1.54, 1.807) is 6.08 Å². The van der Waals surface area contributed by atoms with E-state index < -0.39 is 12.0 Å². The van der Waals surface area contributed by atoms with Crippen LogP contribution in [0.2, 0.25) is 0 Å². The molecule has 0 fully saturated rings. The van der Waals surface area contributed by atoms with E-state index in [0.717, 1.165) is 4.90 Å². The maximum atomic E-state index is 12.5. The third kappa shape index (κ3) is 1.24. The van der Waals surface area contributed by atoms with Gasteiger partial charge in [0.25, 0.3) is 6.43 Å². The maximum Gasteiger partial charge on any atom is 0.265 e. The van der Waals surface area contributed by atoms with Gasteiger partial charge in [0.15, 0.2) is 0 Å². The molecule has 0 N–H and O–H groups in total. The molecule has 1 aliphatic heterocycles. The number of hydrogen-bond donors (Lipinski definition) is 0. The summed E-state index contributed by atoms with van der Waals surface area (Å²) in [5.41, 5.74) is -1.49. The van der Waals surface area contributed by atoms with Crippen molar-refractivity contribution in [1.29, 1.82) is 0 Å². The molecule has 0 bridgehead atoms. The fourth-order valence-electron chi connectivity index (χ4n) is 0.974. The number of rotatable bonds is 2. The lowest BCUT2D eigenvalue weighted by atomic mass is 9.99. The van der Waals surface area contributed by atoms with Gasteiger partial charge in [0.1, 0.15) is 5.54 Å². The van der Waals surface area contributed by atoms with Gasteiger partial charge in [-0.15, -0.1) is 0 Å². The molecule has 0 aromatic rings. The molecule has 4 heteroatoms. The van der Waals surface area contributed by atoms with Crippen LogP contribution in [0.15, 0.2) is 24.4 Å². The minimum absolute atomic E-state index is 0.395. The Hall–Kier alpha value is -1.19. The predicted octanol–water partition coefficient (Wildman–Crippen LogP) is 1.55. The van der Waals surface area contributed by atoms with Crippen LogP contribution in [0.25, 0.3) is 0 Å². The lowest BCUT2D eigenvalue weighted by molar-refractivity contribution is -0.123. The molecule has 1 heterocycles. The summed E-state index contributed by atoms with van der Waals surface area (Å²) in [5, 5.41) is 0. The Morgan fingerprint density at radius 1 is 1.50 bits per heavy atom. The number of carbonyl (C=O) groups is 1. The summed E-state index contributed by atoms with van der Waals surface area (Å²) in [6.45, 7) is 1.31. The van der Waals surface area contributed by atoms with Gasteiger partial charge in [-0.2, -0.15) is 0 Å². The van der Waals surface area contributed by atoms with Crippen molar-refractivity contribution >= 4 is 6.41 Å². The molecule has 2 nitrogen and oxygen atoms in total. The first-order chi connectivity index (χ1) is 5.61. The quantitative estimate of drug-likeness (QED) is 0.580. The van der Waals surface area contributed by atoms with Crippen LogP contribution in [0.5, 0.6) is 0 Å². The summed E-state index contributed by atoms with van der Waals surface area (Å²) in [5.74, 6) is 0. The van der Waals surface area contributed by atoms with Crippen LogP contribution in [-0.4, -0.2) is 23.3 Å². The Labute approximate surface area is 69.2 Å². The van der Waals surface area contributed by atoms with Gasteiger partial charge in [0.05, 0.1) is 0 Å². The maximum absolute atomic E-state index is 12.5. The number of alkyl halides is 2. The molecular weight excluding hydrogens is 164 g/mol. The summed E-state index contributed by atoms with van der Waals surface area (Å²) in [7, 11) is 0. The van der Waals surface area contributed by atoms with Gasteiger partial charge < -0.3 is 4.90 Å². The molecule has 0 aromatic carbocycles. The molecule has 1 unspecified atom stereocenters. The van der Waals surface area contributed by atoms with E-state index in [4.69, 9.17) is 0 Å². The lowest BCUT2D eigenvalue weighted by Gasteiger charge is -2.34. The highest BCUT2D eigenvalue weighted by atomic mass is 19.3. The molecule has 0 aliphatic carbocycles. The molecule has 0 aromatic heterocycles. The molecule has 1 rings (SSSR count). The second-order valence-corrected chi connectivity index (χ2v) is 2.74. The third-order valence-electron chi connectivity index (χ3n) is 1.90. The zero-order chi connectivity index (χ0) is 9.19. The van der Waals surface area contributed by atoms with Gasteiger partial charge in [0, 0.05) is 6.20 Å². The molecule has 0 saturated heterocycles. The highest BCUT2D eigenvalue weighted by molar-refractivity contribution is 5.53. The van der Waals surface area contributed by atoms with E-state index in [1.165, 1.54) is 25.3 Å². The number of hydrogen-bond acceptors (Lipinski definition) is 1. The normalized spacial score (nSPS) is 28.2. The van der Waals surface area contributed by atoms with Gasteiger partial charge >= 0.3 is 0 Å². The second-order valence-electron chi connectivity index (χ2n) is 2.74. The summed E-state index contributed by atoms with van der Waals surface area (Å²) in [6.07, 6.45) is 3.51. The highest BCUT2D eigenvalue weighted by Gasteiger charge is 2.38. The molecular formula is C8H9F2NO. The van der Waals surface area contributed by atoms with Crippen LogP contribution >= 0.6 is 0 Å². The van der Waals surface area contributed by atoms with Gasteiger partial charge in [-0.05, 0) is 13.0 Å². The zero-order valence-electron chi connectivity index (χ0n) is 6.58. The van der Waals surface area contributed by atoms with E-state index in [-0.39, 0.29) is 0 Å². The monoisotopic (exact) mass is 173 g/mol. The first-order valence-electron chi connectivity index (χ1n) is 3.49. The van der Waals surface area contributed by atoms with Gasteiger partial charge in [-0.3, -0.25) is 4.79 Å². The first-order valence-corrected chi connectivity index (χ1v) is 3.49. The molecule has 0 spiro atoms. The molecule has 66 valence electrons. The van der Waals surface area contributed by atoms with Crippen LogP contribution in [0.4, 0.5) is 8.78 Å². The number of halogens is 2. The van der Waals surface area contributed by atoms with Crippen molar-refractivity contribution in [2.24, 2.45) is 0 Å². The molecule has 12 heavy (non-hydrogen) atoms. The van der Waals surface area contributed by atoms with Gasteiger partial charge in [-0.25, -0.2) is 8.78 Å². The molecule has 1 atom stereocenters. The average molecular weight is 173 g/mol. The Kier molecular flexibility index (Phi) is 2.26.